The van der Waals surface area contributed by atoms with E-state index in [0.717, 1.165) is 17.5 Å². The number of H-pyrrole nitrogens is 1. The summed E-state index contributed by atoms with van der Waals surface area (Å²) < 4.78 is 37.2. The smallest absolute Gasteiger partial charge is 0.347 e. The van der Waals surface area contributed by atoms with E-state index in [1.807, 2.05) is 6.07 Å². The van der Waals surface area contributed by atoms with Crippen LogP contribution >= 0.6 is 0 Å². The predicted molar refractivity (Wildman–Crippen MR) is 104 cm³/mol. The Balaban J connectivity index is 1.71. The van der Waals surface area contributed by atoms with E-state index in [9.17, 15) is 18.4 Å². The minimum atomic E-state index is -1.09. The van der Waals surface area contributed by atoms with E-state index in [1.165, 1.54) is 12.1 Å². The topological polar surface area (TPSA) is 93.3 Å². The van der Waals surface area contributed by atoms with Crippen molar-refractivity contribution in [2.75, 3.05) is 11.9 Å². The van der Waals surface area contributed by atoms with E-state index in [4.69, 9.17) is 9.47 Å². The Morgan fingerprint density at radius 1 is 1.30 bits per heavy atom. The molecule has 1 aliphatic heterocycles. The number of nitrogens with one attached hydrogen (secondary N) is 2. The Hall–Kier alpha value is -4.01. The summed E-state index contributed by atoms with van der Waals surface area (Å²) in [7, 11) is 0. The zero-order valence-electron chi connectivity index (χ0n) is 15.7. The molecule has 0 amide bonds. The van der Waals surface area contributed by atoms with Crippen molar-refractivity contribution < 1.29 is 27.8 Å². The second-order valence-electron chi connectivity index (χ2n) is 6.26. The van der Waals surface area contributed by atoms with Crippen molar-refractivity contribution in [2.24, 2.45) is 0 Å². The number of aromatic nitrogens is 2. The van der Waals surface area contributed by atoms with E-state index in [0.29, 0.717) is 11.2 Å². The number of esters is 1. The molecular weight excluding hydrogens is 396 g/mol. The molecule has 0 atom stereocenters. The molecule has 2 aromatic heterocycles. The van der Waals surface area contributed by atoms with E-state index >= 15 is 0 Å². The first kappa shape index (κ1) is 19.3. The van der Waals surface area contributed by atoms with Crippen molar-refractivity contribution in [3.8, 4) is 0 Å². The quantitative estimate of drug-likeness (QED) is 0.378. The highest BCUT2D eigenvalue weighted by Gasteiger charge is 2.37. The van der Waals surface area contributed by atoms with Gasteiger partial charge in [0.25, 0.3) is 0 Å². The molecule has 0 fully saturated rings. The number of benzene rings is 1. The third-order valence-electron chi connectivity index (χ3n) is 4.32. The summed E-state index contributed by atoms with van der Waals surface area (Å²) in [5.74, 6) is -4.07. The summed E-state index contributed by atoms with van der Waals surface area (Å²) in [4.78, 5) is 32.3. The predicted octanol–water partition coefficient (Wildman–Crippen LogP) is 3.67. The third-order valence-corrected chi connectivity index (χ3v) is 4.32. The minimum absolute atomic E-state index is 0.0429. The normalized spacial score (nSPS) is 15.0. The summed E-state index contributed by atoms with van der Waals surface area (Å²) in [6, 6.07) is 6.59. The number of carbonyl (C=O) groups is 2. The summed E-state index contributed by atoms with van der Waals surface area (Å²) >= 11 is 0. The number of allylic oxidation sites excluding steroid dienone is 1. The molecule has 152 valence electrons. The van der Waals surface area contributed by atoms with Gasteiger partial charge < -0.3 is 19.8 Å². The van der Waals surface area contributed by atoms with Crippen LogP contribution in [0.4, 0.5) is 14.5 Å². The Kier molecular flexibility index (Phi) is 5.01. The number of halogens is 2. The molecule has 30 heavy (non-hydrogen) atoms. The van der Waals surface area contributed by atoms with Gasteiger partial charge in [-0.1, -0.05) is 0 Å². The monoisotopic (exact) mass is 411 g/mol. The van der Waals surface area contributed by atoms with E-state index in [1.54, 1.807) is 25.4 Å². The number of hydrogen-bond acceptors (Lipinski definition) is 6. The highest BCUT2D eigenvalue weighted by Crippen LogP contribution is 2.30. The second kappa shape index (κ2) is 7.78. The molecule has 9 heteroatoms. The van der Waals surface area contributed by atoms with Gasteiger partial charge in [0.1, 0.15) is 5.65 Å². The largest absolute Gasteiger partial charge is 0.462 e. The first-order valence-corrected chi connectivity index (χ1v) is 8.97. The highest BCUT2D eigenvalue weighted by atomic mass is 19.2. The van der Waals surface area contributed by atoms with Crippen LogP contribution in [0.25, 0.3) is 17.1 Å². The van der Waals surface area contributed by atoms with Crippen molar-refractivity contribution >= 4 is 34.5 Å². The van der Waals surface area contributed by atoms with Crippen LogP contribution in [0.15, 0.2) is 59.9 Å². The molecule has 0 saturated carbocycles. The van der Waals surface area contributed by atoms with Crippen LogP contribution in [0.3, 0.4) is 0 Å². The SMILES string of the molecule is CCOC(=O)C1=C(Nc2ccc(F)c(F)c2)O/C(=C\c2c[nH]c3ncccc23)C1=O. The van der Waals surface area contributed by atoms with Gasteiger partial charge in [-0.3, -0.25) is 4.79 Å². The van der Waals surface area contributed by atoms with Crippen molar-refractivity contribution in [1.29, 1.82) is 0 Å². The fourth-order valence-electron chi connectivity index (χ4n) is 2.95. The van der Waals surface area contributed by atoms with Gasteiger partial charge in [0.15, 0.2) is 23.0 Å². The van der Waals surface area contributed by atoms with Crippen LogP contribution in [0.1, 0.15) is 12.5 Å². The number of carbonyl (C=O) groups excluding carboxylic acids is 2. The Morgan fingerprint density at radius 3 is 2.90 bits per heavy atom. The summed E-state index contributed by atoms with van der Waals surface area (Å²) in [5, 5.41) is 3.39. The average molecular weight is 411 g/mol. The number of ether oxygens (including phenoxy) is 2. The molecule has 0 aliphatic carbocycles. The zero-order chi connectivity index (χ0) is 21.3. The van der Waals surface area contributed by atoms with Crippen molar-refractivity contribution in [3.05, 3.63) is 77.1 Å². The first-order chi connectivity index (χ1) is 14.5. The van der Waals surface area contributed by atoms with E-state index < -0.39 is 23.4 Å². The molecular formula is C21H15F2N3O4. The summed E-state index contributed by atoms with van der Waals surface area (Å²) in [6.45, 7) is 1.64. The minimum Gasteiger partial charge on any atom is -0.462 e. The maximum absolute atomic E-state index is 13.5. The molecule has 3 aromatic rings. The number of ketones is 1. The van der Waals surface area contributed by atoms with Crippen LogP contribution < -0.4 is 5.32 Å². The van der Waals surface area contributed by atoms with Crippen LogP contribution in [0.2, 0.25) is 0 Å². The van der Waals surface area contributed by atoms with Gasteiger partial charge in [0, 0.05) is 35.1 Å². The Labute approximate surface area is 169 Å². The van der Waals surface area contributed by atoms with Gasteiger partial charge in [-0.05, 0) is 37.3 Å². The Morgan fingerprint density at radius 2 is 2.13 bits per heavy atom. The maximum Gasteiger partial charge on any atom is 0.347 e. The fourth-order valence-corrected chi connectivity index (χ4v) is 2.95. The van der Waals surface area contributed by atoms with E-state index in [-0.39, 0.29) is 29.5 Å². The van der Waals surface area contributed by atoms with Crippen molar-refractivity contribution in [1.82, 2.24) is 9.97 Å². The number of nitrogens with zero attached hydrogens (tertiary/aromatic N) is 1. The van der Waals surface area contributed by atoms with Crippen LogP contribution in [-0.4, -0.2) is 28.3 Å². The molecule has 1 aromatic carbocycles. The van der Waals surface area contributed by atoms with Crippen LogP contribution in [0, 0.1) is 11.6 Å². The van der Waals surface area contributed by atoms with Crippen LogP contribution in [-0.2, 0) is 19.1 Å². The maximum atomic E-state index is 13.5. The molecule has 7 nitrogen and oxygen atoms in total. The molecule has 3 heterocycles. The van der Waals surface area contributed by atoms with Crippen molar-refractivity contribution in [3.63, 3.8) is 0 Å². The van der Waals surface area contributed by atoms with Gasteiger partial charge in [-0.25, -0.2) is 18.6 Å². The number of rotatable bonds is 5. The summed E-state index contributed by atoms with van der Waals surface area (Å²) in [5.41, 5.74) is 0.967. The molecule has 0 bridgehead atoms. The number of Topliss-reactive ketones (excluding diaryl/α,β-unsaturated/α-hetero) is 1. The number of hydrogen-bond donors (Lipinski definition) is 2. The summed E-state index contributed by atoms with van der Waals surface area (Å²) in [6.07, 6.45) is 4.73. The zero-order valence-corrected chi connectivity index (χ0v) is 15.7. The lowest BCUT2D eigenvalue weighted by Crippen LogP contribution is -2.16. The third kappa shape index (κ3) is 3.52. The number of aromatic amines is 1. The molecule has 0 spiro atoms. The van der Waals surface area contributed by atoms with Gasteiger partial charge in [-0.15, -0.1) is 0 Å². The molecule has 4 rings (SSSR count). The van der Waals surface area contributed by atoms with Gasteiger partial charge >= 0.3 is 5.97 Å². The lowest BCUT2D eigenvalue weighted by atomic mass is 10.1. The molecule has 0 radical (unpaired) electrons. The average Bonchev–Trinajstić information content (AvgIpc) is 3.26. The van der Waals surface area contributed by atoms with E-state index in [2.05, 4.69) is 15.3 Å². The van der Waals surface area contributed by atoms with Gasteiger partial charge in [-0.2, -0.15) is 0 Å². The Bertz CT molecular complexity index is 1230. The van der Waals surface area contributed by atoms with Crippen molar-refractivity contribution in [2.45, 2.75) is 6.92 Å². The lowest BCUT2D eigenvalue weighted by molar-refractivity contribution is -0.139. The molecule has 0 saturated heterocycles. The first-order valence-electron chi connectivity index (χ1n) is 8.97. The lowest BCUT2D eigenvalue weighted by Gasteiger charge is -2.09. The van der Waals surface area contributed by atoms with Gasteiger partial charge in [0.05, 0.1) is 6.61 Å². The number of anilines is 1. The second-order valence-corrected chi connectivity index (χ2v) is 6.26. The molecule has 1 aliphatic rings. The molecule has 0 unspecified atom stereocenters. The van der Waals surface area contributed by atoms with Crippen LogP contribution in [0.5, 0.6) is 0 Å². The van der Waals surface area contributed by atoms with Gasteiger partial charge in [0.2, 0.25) is 11.7 Å². The fraction of sp³-hybridized carbons (Fsp3) is 0.0952. The number of fused-ring (bicyclic) bond motifs is 1. The molecule has 2 N–H and O–H groups in total. The number of pyridine rings is 1. The standard InChI is InChI=1S/C21H15F2N3O4/c1-2-29-21(28)17-18(27)16(8-11-10-25-19-13(11)4-3-7-24-19)30-20(17)26-12-5-6-14(22)15(23)9-12/h3-10,26H,2H2,1H3,(H,24,25)/b16-8-. The highest BCUT2D eigenvalue weighted by molar-refractivity contribution is 6.26.